The molecule has 0 spiro atoms. The van der Waals surface area contributed by atoms with Gasteiger partial charge >= 0.3 is 0 Å². The molecule has 20 heavy (non-hydrogen) atoms. The lowest BCUT2D eigenvalue weighted by Gasteiger charge is -2.21. The number of aryl methyl sites for hydroxylation is 1. The lowest BCUT2D eigenvalue weighted by Crippen LogP contribution is -2.33. The molecule has 3 rings (SSSR count). The summed E-state index contributed by atoms with van der Waals surface area (Å²) in [5.74, 6) is 0. The molecular formula is C14H16N2O2S2. The van der Waals surface area contributed by atoms with Gasteiger partial charge in [-0.1, -0.05) is 18.2 Å². The topological polar surface area (TPSA) is 50.3 Å². The zero-order valence-electron chi connectivity index (χ0n) is 11.2. The average Bonchev–Trinajstić information content (AvgIpc) is 3.12. The molecule has 1 heterocycles. The lowest BCUT2D eigenvalue weighted by molar-refractivity contribution is 0.397. The van der Waals surface area contributed by atoms with E-state index >= 15 is 0 Å². The number of aromatic nitrogens is 1. The predicted molar refractivity (Wildman–Crippen MR) is 79.0 cm³/mol. The Bertz CT molecular complexity index is 692. The van der Waals surface area contributed by atoms with Gasteiger partial charge in [-0.25, -0.2) is 13.4 Å². The molecule has 1 fully saturated rings. The fraction of sp³-hybridized carbons (Fsp3) is 0.357. The molecule has 1 saturated carbocycles. The molecule has 2 aromatic rings. The molecule has 0 amide bonds. The van der Waals surface area contributed by atoms with Crippen LogP contribution in [-0.4, -0.2) is 23.7 Å². The fourth-order valence-electron chi connectivity index (χ4n) is 2.21. The number of thiazole rings is 1. The van der Waals surface area contributed by atoms with Gasteiger partial charge in [0.15, 0.2) is 0 Å². The van der Waals surface area contributed by atoms with E-state index in [-0.39, 0.29) is 6.04 Å². The largest absolute Gasteiger partial charge is 0.248 e. The van der Waals surface area contributed by atoms with Crippen LogP contribution in [0.2, 0.25) is 0 Å². The zero-order chi connectivity index (χ0) is 14.2. The summed E-state index contributed by atoms with van der Waals surface area (Å²) in [6, 6.07) is 7.28. The number of rotatable bonds is 5. The standard InChI is InChI=1S/C14H16N2O2S2/c1-11-4-2-3-5-13(11)20(17,18)16(12-6-7-12)10-14-15-8-9-19-14/h2-5,8-9,12H,6-7,10H2,1H3. The van der Waals surface area contributed by atoms with E-state index in [2.05, 4.69) is 4.98 Å². The van der Waals surface area contributed by atoms with E-state index in [1.54, 1.807) is 22.6 Å². The highest BCUT2D eigenvalue weighted by molar-refractivity contribution is 7.89. The van der Waals surface area contributed by atoms with Crippen LogP contribution >= 0.6 is 11.3 Å². The Morgan fingerprint density at radius 2 is 2.10 bits per heavy atom. The van der Waals surface area contributed by atoms with Crippen LogP contribution in [0.5, 0.6) is 0 Å². The molecule has 0 N–H and O–H groups in total. The smallest absolute Gasteiger partial charge is 0.243 e. The minimum atomic E-state index is -3.44. The first-order chi connectivity index (χ1) is 9.59. The molecule has 0 atom stereocenters. The second kappa shape index (κ2) is 5.27. The number of hydrogen-bond donors (Lipinski definition) is 0. The van der Waals surface area contributed by atoms with Crippen molar-refractivity contribution >= 4 is 21.4 Å². The van der Waals surface area contributed by atoms with E-state index in [1.807, 2.05) is 24.4 Å². The second-order valence-electron chi connectivity index (χ2n) is 4.97. The molecule has 106 valence electrons. The quantitative estimate of drug-likeness (QED) is 0.853. The highest BCUT2D eigenvalue weighted by Crippen LogP contribution is 2.34. The number of nitrogens with zero attached hydrogens (tertiary/aromatic N) is 2. The van der Waals surface area contributed by atoms with Crippen molar-refractivity contribution in [2.45, 2.75) is 37.2 Å². The summed E-state index contributed by atoms with van der Waals surface area (Å²) < 4.78 is 27.3. The normalized spacial score (nSPS) is 15.7. The molecule has 4 nitrogen and oxygen atoms in total. The van der Waals surface area contributed by atoms with Crippen molar-refractivity contribution in [3.63, 3.8) is 0 Å². The molecule has 0 radical (unpaired) electrons. The molecule has 0 bridgehead atoms. The lowest BCUT2D eigenvalue weighted by atomic mass is 10.2. The van der Waals surface area contributed by atoms with E-state index in [0.29, 0.717) is 11.4 Å². The Morgan fingerprint density at radius 3 is 2.70 bits per heavy atom. The molecule has 1 aliphatic carbocycles. The Kier molecular flexibility index (Phi) is 3.62. The minimum Gasteiger partial charge on any atom is -0.248 e. The number of benzene rings is 1. The molecule has 1 aliphatic rings. The molecule has 1 aromatic heterocycles. The third-order valence-corrected chi connectivity index (χ3v) is 6.23. The predicted octanol–water partition coefficient (Wildman–Crippen LogP) is 2.80. The first-order valence-electron chi connectivity index (χ1n) is 6.55. The van der Waals surface area contributed by atoms with Crippen molar-refractivity contribution in [2.24, 2.45) is 0 Å². The van der Waals surface area contributed by atoms with Gasteiger partial charge in [-0.05, 0) is 31.4 Å². The highest BCUT2D eigenvalue weighted by atomic mass is 32.2. The van der Waals surface area contributed by atoms with Crippen molar-refractivity contribution in [3.8, 4) is 0 Å². The minimum absolute atomic E-state index is 0.128. The maximum Gasteiger partial charge on any atom is 0.243 e. The molecule has 1 aromatic carbocycles. The van der Waals surface area contributed by atoms with Gasteiger partial charge in [-0.3, -0.25) is 0 Å². The van der Waals surface area contributed by atoms with Gasteiger partial charge in [0, 0.05) is 17.6 Å². The highest BCUT2D eigenvalue weighted by Gasteiger charge is 2.38. The van der Waals surface area contributed by atoms with Crippen LogP contribution in [0, 0.1) is 6.92 Å². The first-order valence-corrected chi connectivity index (χ1v) is 8.87. The Hall–Kier alpha value is -1.24. The summed E-state index contributed by atoms with van der Waals surface area (Å²) in [7, 11) is -3.44. The molecule has 0 unspecified atom stereocenters. The van der Waals surface area contributed by atoms with Gasteiger partial charge in [0.25, 0.3) is 0 Å². The third kappa shape index (κ3) is 2.63. The Labute approximate surface area is 123 Å². The SMILES string of the molecule is Cc1ccccc1S(=O)(=O)N(Cc1nccs1)C1CC1. The van der Waals surface area contributed by atoms with Crippen LogP contribution < -0.4 is 0 Å². The summed E-state index contributed by atoms with van der Waals surface area (Å²) in [6.45, 7) is 2.21. The van der Waals surface area contributed by atoms with Crippen molar-refractivity contribution < 1.29 is 8.42 Å². The second-order valence-corrected chi connectivity index (χ2v) is 7.81. The van der Waals surface area contributed by atoms with E-state index < -0.39 is 10.0 Å². The van der Waals surface area contributed by atoms with E-state index in [1.165, 1.54) is 11.3 Å². The van der Waals surface area contributed by atoms with Crippen LogP contribution in [0.4, 0.5) is 0 Å². The maximum absolute atomic E-state index is 12.9. The van der Waals surface area contributed by atoms with E-state index in [9.17, 15) is 8.42 Å². The van der Waals surface area contributed by atoms with Crippen LogP contribution in [0.1, 0.15) is 23.4 Å². The molecule has 6 heteroatoms. The molecule has 0 aliphatic heterocycles. The zero-order valence-corrected chi connectivity index (χ0v) is 12.8. The van der Waals surface area contributed by atoms with E-state index in [4.69, 9.17) is 0 Å². The van der Waals surface area contributed by atoms with Crippen molar-refractivity contribution in [1.29, 1.82) is 0 Å². The van der Waals surface area contributed by atoms with Gasteiger partial charge in [-0.15, -0.1) is 11.3 Å². The average molecular weight is 308 g/mol. The van der Waals surface area contributed by atoms with Crippen molar-refractivity contribution in [1.82, 2.24) is 9.29 Å². The Morgan fingerprint density at radius 1 is 1.35 bits per heavy atom. The van der Waals surface area contributed by atoms with Crippen LogP contribution in [0.25, 0.3) is 0 Å². The van der Waals surface area contributed by atoms with Crippen molar-refractivity contribution in [2.75, 3.05) is 0 Å². The van der Waals surface area contributed by atoms with E-state index in [0.717, 1.165) is 23.4 Å². The van der Waals surface area contributed by atoms with Gasteiger partial charge in [0.1, 0.15) is 5.01 Å². The number of hydrogen-bond acceptors (Lipinski definition) is 4. The monoisotopic (exact) mass is 308 g/mol. The molecule has 0 saturated heterocycles. The summed E-state index contributed by atoms with van der Waals surface area (Å²) >= 11 is 1.49. The van der Waals surface area contributed by atoms with Gasteiger partial charge in [-0.2, -0.15) is 4.31 Å². The summed E-state index contributed by atoms with van der Waals surface area (Å²) in [5, 5.41) is 2.72. The Balaban J connectivity index is 1.96. The van der Waals surface area contributed by atoms with Crippen LogP contribution in [0.3, 0.4) is 0 Å². The summed E-state index contributed by atoms with van der Waals surface area (Å²) in [6.07, 6.45) is 3.60. The first kappa shape index (κ1) is 13.7. The van der Waals surface area contributed by atoms with Crippen LogP contribution in [0.15, 0.2) is 40.7 Å². The van der Waals surface area contributed by atoms with Gasteiger partial charge < -0.3 is 0 Å². The number of sulfonamides is 1. The van der Waals surface area contributed by atoms with Gasteiger partial charge in [0.2, 0.25) is 10.0 Å². The maximum atomic E-state index is 12.9. The summed E-state index contributed by atoms with van der Waals surface area (Å²) in [5.41, 5.74) is 0.789. The third-order valence-electron chi connectivity index (χ3n) is 3.41. The van der Waals surface area contributed by atoms with Crippen molar-refractivity contribution in [3.05, 3.63) is 46.4 Å². The van der Waals surface area contributed by atoms with Gasteiger partial charge in [0.05, 0.1) is 11.4 Å². The molecular weight excluding hydrogens is 292 g/mol. The fourth-order valence-corrected chi connectivity index (χ4v) is 4.78. The van der Waals surface area contributed by atoms with Crippen LogP contribution in [-0.2, 0) is 16.6 Å². The summed E-state index contributed by atoms with van der Waals surface area (Å²) in [4.78, 5) is 4.61.